The van der Waals surface area contributed by atoms with Gasteiger partial charge in [-0.3, -0.25) is 9.59 Å². The maximum absolute atomic E-state index is 13.8. The lowest BCUT2D eigenvalue weighted by Crippen LogP contribution is -2.51. The molecule has 2 fully saturated rings. The Labute approximate surface area is 171 Å². The summed E-state index contributed by atoms with van der Waals surface area (Å²) < 4.78 is 34.4. The normalized spacial score (nSPS) is 26.6. The van der Waals surface area contributed by atoms with Gasteiger partial charge in [0.1, 0.15) is 5.70 Å². The van der Waals surface area contributed by atoms with Crippen LogP contribution in [0.5, 0.6) is 0 Å². The number of Topliss-reactive ketones (excluding diaryl/α,β-unsaturated/α-hetero) is 2. The highest BCUT2D eigenvalue weighted by Gasteiger charge is 2.46. The molecule has 0 spiro atoms. The fourth-order valence-electron chi connectivity index (χ4n) is 4.63. The third kappa shape index (κ3) is 3.33. The third-order valence-electron chi connectivity index (χ3n) is 6.03. The number of allylic oxidation sites excluding steroid dienone is 2. The van der Waals surface area contributed by atoms with Gasteiger partial charge >= 0.3 is 0 Å². The van der Waals surface area contributed by atoms with E-state index in [1.54, 1.807) is 23.1 Å². The monoisotopic (exact) mass is 418 g/mol. The molecule has 2 atom stereocenters. The number of morpholine rings is 1. The van der Waals surface area contributed by atoms with Gasteiger partial charge in [0.05, 0.1) is 13.2 Å². The van der Waals surface area contributed by atoms with Crippen LogP contribution >= 0.6 is 0 Å². The number of piperidine rings is 1. The summed E-state index contributed by atoms with van der Waals surface area (Å²) in [6.45, 7) is 5.25. The van der Waals surface area contributed by atoms with Gasteiger partial charge in [0.15, 0.2) is 4.91 Å². The second-order valence-electron chi connectivity index (χ2n) is 7.94. The number of hydrogen-bond donors (Lipinski definition) is 0. The van der Waals surface area contributed by atoms with Gasteiger partial charge in [-0.25, -0.2) is 8.42 Å². The van der Waals surface area contributed by atoms with Gasteiger partial charge in [-0.1, -0.05) is 30.7 Å². The highest BCUT2D eigenvalue weighted by atomic mass is 32.2. The SMILES string of the molecule is CC1CCCC(C)N1S(=O)(=O)C1=C(N2CCOCC2)C(=O)c2ccccc2C1=O. The minimum atomic E-state index is -4.15. The standard InChI is InChI=1S/C21H26N2O5S/c1-14-6-5-7-15(2)23(14)29(26,27)21-18(22-10-12-28-13-11-22)19(24)16-8-3-4-9-17(16)20(21)25/h3-4,8-9,14-15H,5-7,10-13H2,1-2H3. The molecule has 1 aromatic carbocycles. The lowest BCUT2D eigenvalue weighted by Gasteiger charge is -2.40. The summed E-state index contributed by atoms with van der Waals surface area (Å²) in [6, 6.07) is 6.02. The largest absolute Gasteiger partial charge is 0.378 e. The Bertz CT molecular complexity index is 969. The molecular weight excluding hydrogens is 392 g/mol. The van der Waals surface area contributed by atoms with Crippen molar-refractivity contribution >= 4 is 21.6 Å². The number of hydrogen-bond acceptors (Lipinski definition) is 6. The molecule has 0 bridgehead atoms. The van der Waals surface area contributed by atoms with E-state index in [0.717, 1.165) is 19.3 Å². The maximum atomic E-state index is 13.8. The third-order valence-corrected chi connectivity index (χ3v) is 8.20. The Morgan fingerprint density at radius 1 is 0.931 bits per heavy atom. The molecule has 2 saturated heterocycles. The summed E-state index contributed by atoms with van der Waals surface area (Å²) in [4.78, 5) is 28.2. The number of benzene rings is 1. The van der Waals surface area contributed by atoms with E-state index in [-0.39, 0.29) is 33.8 Å². The minimum absolute atomic E-state index is 0.00183. The van der Waals surface area contributed by atoms with Crippen LogP contribution in [0, 0.1) is 0 Å². The van der Waals surface area contributed by atoms with Gasteiger partial charge < -0.3 is 9.64 Å². The molecule has 0 aromatic heterocycles. The minimum Gasteiger partial charge on any atom is -0.378 e. The molecule has 3 aliphatic rings. The highest BCUT2D eigenvalue weighted by molar-refractivity contribution is 7.94. The summed E-state index contributed by atoms with van der Waals surface area (Å²) in [7, 11) is -4.15. The first kappa shape index (κ1) is 20.3. The van der Waals surface area contributed by atoms with Crippen molar-refractivity contribution in [2.75, 3.05) is 26.3 Å². The van der Waals surface area contributed by atoms with Gasteiger partial charge in [-0.15, -0.1) is 0 Å². The zero-order valence-electron chi connectivity index (χ0n) is 16.8. The average Bonchev–Trinajstić information content (AvgIpc) is 2.70. The van der Waals surface area contributed by atoms with Gasteiger partial charge in [0, 0.05) is 36.3 Å². The summed E-state index contributed by atoms with van der Waals surface area (Å²) >= 11 is 0. The van der Waals surface area contributed by atoms with E-state index in [1.165, 1.54) is 10.4 Å². The predicted molar refractivity (Wildman–Crippen MR) is 108 cm³/mol. The summed E-state index contributed by atoms with van der Waals surface area (Å²) in [5.41, 5.74) is 0.421. The summed E-state index contributed by atoms with van der Waals surface area (Å²) in [5.74, 6) is -0.996. The molecule has 156 valence electrons. The lowest BCUT2D eigenvalue weighted by molar-refractivity contribution is 0.0498. The number of fused-ring (bicyclic) bond motifs is 1. The fourth-order valence-corrected chi connectivity index (χ4v) is 6.81. The molecule has 8 heteroatoms. The number of nitrogens with zero attached hydrogens (tertiary/aromatic N) is 2. The molecule has 0 amide bonds. The van der Waals surface area contributed by atoms with E-state index >= 15 is 0 Å². The Morgan fingerprint density at radius 2 is 1.48 bits per heavy atom. The molecule has 0 saturated carbocycles. The number of ether oxygens (including phenoxy) is 1. The number of carbonyl (C=O) groups is 2. The zero-order valence-corrected chi connectivity index (χ0v) is 17.6. The van der Waals surface area contributed by atoms with Crippen LogP contribution in [0.15, 0.2) is 34.9 Å². The Kier molecular flexibility index (Phi) is 5.35. The average molecular weight is 419 g/mol. The fraction of sp³-hybridized carbons (Fsp3) is 0.524. The quantitative estimate of drug-likeness (QED) is 0.748. The Hall–Kier alpha value is -2.03. The van der Waals surface area contributed by atoms with E-state index in [0.29, 0.717) is 26.3 Å². The molecule has 7 nitrogen and oxygen atoms in total. The van der Waals surface area contributed by atoms with Crippen LogP contribution in [0.25, 0.3) is 0 Å². The van der Waals surface area contributed by atoms with Crippen LogP contribution in [-0.4, -0.2) is 67.6 Å². The van der Waals surface area contributed by atoms with Crippen molar-refractivity contribution in [1.82, 2.24) is 9.21 Å². The first-order chi connectivity index (χ1) is 13.8. The van der Waals surface area contributed by atoms with Crippen molar-refractivity contribution in [2.45, 2.75) is 45.2 Å². The van der Waals surface area contributed by atoms with Crippen LogP contribution < -0.4 is 0 Å². The zero-order chi connectivity index (χ0) is 20.8. The molecule has 1 aliphatic carbocycles. The number of carbonyl (C=O) groups excluding carboxylic acids is 2. The molecule has 2 unspecified atom stereocenters. The lowest BCUT2D eigenvalue weighted by atomic mass is 9.91. The van der Waals surface area contributed by atoms with Crippen molar-refractivity contribution in [3.8, 4) is 0 Å². The first-order valence-electron chi connectivity index (χ1n) is 10.1. The van der Waals surface area contributed by atoms with E-state index in [2.05, 4.69) is 0 Å². The molecule has 4 rings (SSSR count). The molecule has 0 radical (unpaired) electrons. The number of ketones is 2. The Balaban J connectivity index is 1.92. The molecular formula is C21H26N2O5S. The highest BCUT2D eigenvalue weighted by Crippen LogP contribution is 2.36. The van der Waals surface area contributed by atoms with Crippen molar-refractivity contribution in [3.05, 3.63) is 46.0 Å². The van der Waals surface area contributed by atoms with Crippen molar-refractivity contribution in [3.63, 3.8) is 0 Å². The smallest absolute Gasteiger partial charge is 0.249 e. The second kappa shape index (κ2) is 7.66. The van der Waals surface area contributed by atoms with E-state index in [9.17, 15) is 18.0 Å². The maximum Gasteiger partial charge on any atom is 0.249 e. The van der Waals surface area contributed by atoms with Crippen LogP contribution in [0.2, 0.25) is 0 Å². The number of rotatable bonds is 3. The first-order valence-corrected chi connectivity index (χ1v) is 11.6. The summed E-state index contributed by atoms with van der Waals surface area (Å²) in [6.07, 6.45) is 2.42. The van der Waals surface area contributed by atoms with Gasteiger partial charge in [-0.2, -0.15) is 4.31 Å². The van der Waals surface area contributed by atoms with E-state index in [4.69, 9.17) is 4.74 Å². The van der Waals surface area contributed by atoms with Crippen LogP contribution in [0.1, 0.15) is 53.8 Å². The van der Waals surface area contributed by atoms with Gasteiger partial charge in [0.2, 0.25) is 21.6 Å². The molecule has 0 N–H and O–H groups in total. The van der Waals surface area contributed by atoms with Crippen molar-refractivity contribution in [2.24, 2.45) is 0 Å². The summed E-state index contributed by atoms with van der Waals surface area (Å²) in [5, 5.41) is 0. The second-order valence-corrected chi connectivity index (χ2v) is 9.72. The molecule has 29 heavy (non-hydrogen) atoms. The van der Waals surface area contributed by atoms with Crippen LogP contribution in [0.4, 0.5) is 0 Å². The van der Waals surface area contributed by atoms with Crippen LogP contribution in [0.3, 0.4) is 0 Å². The topological polar surface area (TPSA) is 84.0 Å². The van der Waals surface area contributed by atoms with Crippen molar-refractivity contribution in [1.29, 1.82) is 0 Å². The van der Waals surface area contributed by atoms with Crippen molar-refractivity contribution < 1.29 is 22.7 Å². The van der Waals surface area contributed by atoms with Crippen LogP contribution in [-0.2, 0) is 14.8 Å². The van der Waals surface area contributed by atoms with E-state index in [1.807, 2.05) is 13.8 Å². The molecule has 1 aromatic rings. The molecule has 2 aliphatic heterocycles. The number of sulfonamides is 1. The van der Waals surface area contributed by atoms with Gasteiger partial charge in [-0.05, 0) is 26.7 Å². The Morgan fingerprint density at radius 3 is 2.07 bits per heavy atom. The van der Waals surface area contributed by atoms with Gasteiger partial charge in [0.25, 0.3) is 0 Å². The molecule has 2 heterocycles. The predicted octanol–water partition coefficient (Wildman–Crippen LogP) is 2.20. The van der Waals surface area contributed by atoms with E-state index < -0.39 is 21.6 Å².